The second kappa shape index (κ2) is 3.80. The molecule has 0 aliphatic carbocycles. The van der Waals surface area contributed by atoms with E-state index in [-0.39, 0.29) is 0 Å². The lowest BCUT2D eigenvalue weighted by atomic mass is 9.99. The third kappa shape index (κ3) is 1.53. The third-order valence-corrected chi connectivity index (χ3v) is 2.19. The molecule has 2 heteroatoms. The quantitative estimate of drug-likeness (QED) is 0.721. The van der Waals surface area contributed by atoms with Crippen LogP contribution in [0, 0.1) is 11.3 Å². The number of nitriles is 1. The fraction of sp³-hybridized carbons (Fsp3) is 0.0833. The molecule has 0 spiro atoms. The summed E-state index contributed by atoms with van der Waals surface area (Å²) in [6.45, 7) is 0.622. The first-order valence-electron chi connectivity index (χ1n) is 4.50. The maximum atomic E-state index is 8.94. The van der Waals surface area contributed by atoms with Gasteiger partial charge >= 0.3 is 0 Å². The van der Waals surface area contributed by atoms with E-state index in [2.05, 4.69) is 11.4 Å². The fourth-order valence-corrected chi connectivity index (χ4v) is 1.49. The molecule has 0 unspecified atom stereocenters. The number of nitrogens with one attached hydrogen (secondary N) is 1. The number of nitrogens with zero attached hydrogens (tertiary/aromatic N) is 1. The molecular weight excluding hydrogens is 172 g/mol. The van der Waals surface area contributed by atoms with Crippen molar-refractivity contribution in [2.45, 2.75) is 0 Å². The Morgan fingerprint density at radius 3 is 2.71 bits per heavy atom. The Morgan fingerprint density at radius 1 is 1.21 bits per heavy atom. The van der Waals surface area contributed by atoms with E-state index in [1.165, 1.54) is 0 Å². The van der Waals surface area contributed by atoms with Crippen LogP contribution < -0.4 is 5.32 Å². The molecule has 0 aromatic heterocycles. The van der Waals surface area contributed by atoms with Crippen molar-refractivity contribution in [1.82, 2.24) is 5.32 Å². The monoisotopic (exact) mass is 182 g/mol. The third-order valence-electron chi connectivity index (χ3n) is 2.19. The maximum Gasteiger partial charge on any atom is 0.0972 e. The second-order valence-electron chi connectivity index (χ2n) is 3.08. The van der Waals surface area contributed by atoms with Gasteiger partial charge in [0.05, 0.1) is 18.2 Å². The highest BCUT2D eigenvalue weighted by atomic mass is 14.8. The van der Waals surface area contributed by atoms with E-state index in [0.717, 1.165) is 16.7 Å². The summed E-state index contributed by atoms with van der Waals surface area (Å²) in [6, 6.07) is 12.2. The van der Waals surface area contributed by atoms with Crippen molar-refractivity contribution in [2.75, 3.05) is 6.54 Å². The summed E-state index contributed by atoms with van der Waals surface area (Å²) < 4.78 is 0. The van der Waals surface area contributed by atoms with Gasteiger partial charge in [-0.3, -0.25) is 0 Å². The van der Waals surface area contributed by atoms with E-state index in [4.69, 9.17) is 5.26 Å². The second-order valence-corrected chi connectivity index (χ2v) is 3.08. The molecule has 0 amide bonds. The predicted octanol–water partition coefficient (Wildman–Crippen LogP) is 2.08. The smallest absolute Gasteiger partial charge is 0.0972 e. The van der Waals surface area contributed by atoms with Gasteiger partial charge in [0.25, 0.3) is 0 Å². The van der Waals surface area contributed by atoms with Crippen molar-refractivity contribution in [3.05, 3.63) is 53.7 Å². The molecule has 0 fully saturated rings. The Labute approximate surface area is 83.2 Å². The molecule has 0 bridgehead atoms. The molecule has 0 atom stereocenters. The van der Waals surface area contributed by atoms with E-state index in [1.54, 1.807) is 0 Å². The summed E-state index contributed by atoms with van der Waals surface area (Å²) >= 11 is 0. The molecule has 0 saturated heterocycles. The number of hydrogen-bond donors (Lipinski definition) is 1. The SMILES string of the molecule is N#CC1=C(c2ccccc2)C=CNC1. The van der Waals surface area contributed by atoms with Crippen molar-refractivity contribution >= 4 is 5.57 Å². The molecule has 68 valence electrons. The largest absolute Gasteiger partial charge is 0.386 e. The van der Waals surface area contributed by atoms with E-state index >= 15 is 0 Å². The summed E-state index contributed by atoms with van der Waals surface area (Å²) in [7, 11) is 0. The van der Waals surface area contributed by atoms with Crippen molar-refractivity contribution in [3.63, 3.8) is 0 Å². The average Bonchev–Trinajstić information content (AvgIpc) is 2.30. The van der Waals surface area contributed by atoms with Crippen LogP contribution in [0.1, 0.15) is 5.56 Å². The average molecular weight is 182 g/mol. The Kier molecular flexibility index (Phi) is 2.33. The molecule has 1 aliphatic rings. The van der Waals surface area contributed by atoms with E-state index in [0.29, 0.717) is 6.54 Å². The van der Waals surface area contributed by atoms with Crippen LogP contribution in [0.2, 0.25) is 0 Å². The highest BCUT2D eigenvalue weighted by Crippen LogP contribution is 2.21. The van der Waals surface area contributed by atoms with Crippen LogP contribution in [0.15, 0.2) is 48.2 Å². The molecule has 14 heavy (non-hydrogen) atoms. The Balaban J connectivity index is 2.48. The summed E-state index contributed by atoms with van der Waals surface area (Å²) in [4.78, 5) is 0. The number of rotatable bonds is 1. The summed E-state index contributed by atoms with van der Waals surface area (Å²) in [6.07, 6.45) is 3.82. The van der Waals surface area contributed by atoms with Crippen molar-refractivity contribution in [3.8, 4) is 6.07 Å². The first-order chi connectivity index (χ1) is 6.92. The predicted molar refractivity (Wildman–Crippen MR) is 56.1 cm³/mol. The van der Waals surface area contributed by atoms with Crippen molar-refractivity contribution < 1.29 is 0 Å². The van der Waals surface area contributed by atoms with Crippen LogP contribution >= 0.6 is 0 Å². The first kappa shape index (κ1) is 8.58. The molecule has 0 saturated carbocycles. The summed E-state index contributed by atoms with van der Waals surface area (Å²) in [5.74, 6) is 0. The summed E-state index contributed by atoms with van der Waals surface area (Å²) in [5.41, 5.74) is 2.91. The van der Waals surface area contributed by atoms with Crippen LogP contribution in [-0.4, -0.2) is 6.54 Å². The van der Waals surface area contributed by atoms with Gasteiger partial charge in [0.2, 0.25) is 0 Å². The highest BCUT2D eigenvalue weighted by molar-refractivity contribution is 5.80. The number of dihydropyridines is 1. The van der Waals surface area contributed by atoms with Gasteiger partial charge in [-0.15, -0.1) is 0 Å². The van der Waals surface area contributed by atoms with Crippen LogP contribution in [0.3, 0.4) is 0 Å². The van der Waals surface area contributed by atoms with Crippen LogP contribution in [-0.2, 0) is 0 Å². The van der Waals surface area contributed by atoms with Crippen LogP contribution in [0.25, 0.3) is 5.57 Å². The van der Waals surface area contributed by atoms with Crippen molar-refractivity contribution in [1.29, 1.82) is 5.26 Å². The molecule has 1 aliphatic heterocycles. The van der Waals surface area contributed by atoms with Crippen molar-refractivity contribution in [2.24, 2.45) is 0 Å². The molecule has 2 rings (SSSR count). The minimum atomic E-state index is 0.622. The molecular formula is C12H10N2. The van der Waals surface area contributed by atoms with E-state index in [9.17, 15) is 0 Å². The fourth-order valence-electron chi connectivity index (χ4n) is 1.49. The maximum absolute atomic E-state index is 8.94. The standard InChI is InChI=1S/C12H10N2/c13-8-11-9-14-7-6-12(11)10-4-2-1-3-5-10/h1-7,14H,9H2. The Bertz CT molecular complexity index is 421. The van der Waals surface area contributed by atoms with E-state index < -0.39 is 0 Å². The minimum absolute atomic E-state index is 0.622. The highest BCUT2D eigenvalue weighted by Gasteiger charge is 2.08. The topological polar surface area (TPSA) is 35.8 Å². The lowest BCUT2D eigenvalue weighted by Gasteiger charge is -2.11. The van der Waals surface area contributed by atoms with Gasteiger partial charge in [-0.05, 0) is 23.4 Å². The van der Waals surface area contributed by atoms with Gasteiger partial charge in [-0.2, -0.15) is 5.26 Å². The lowest BCUT2D eigenvalue weighted by Crippen LogP contribution is -2.13. The van der Waals surface area contributed by atoms with Gasteiger partial charge in [-0.1, -0.05) is 30.3 Å². The zero-order chi connectivity index (χ0) is 9.80. The molecule has 1 aromatic rings. The minimum Gasteiger partial charge on any atom is -0.386 e. The number of hydrogen-bond acceptors (Lipinski definition) is 2. The zero-order valence-corrected chi connectivity index (χ0v) is 7.70. The first-order valence-corrected chi connectivity index (χ1v) is 4.50. The Hall–Kier alpha value is -2.01. The number of allylic oxidation sites excluding steroid dienone is 2. The van der Waals surface area contributed by atoms with Gasteiger partial charge in [0.15, 0.2) is 0 Å². The van der Waals surface area contributed by atoms with Crippen LogP contribution in [0.5, 0.6) is 0 Å². The van der Waals surface area contributed by atoms with Gasteiger partial charge in [0.1, 0.15) is 0 Å². The normalized spacial score (nSPS) is 14.8. The van der Waals surface area contributed by atoms with Gasteiger partial charge < -0.3 is 5.32 Å². The zero-order valence-electron chi connectivity index (χ0n) is 7.70. The Morgan fingerprint density at radius 2 is 2.00 bits per heavy atom. The van der Waals surface area contributed by atoms with Crippen LogP contribution in [0.4, 0.5) is 0 Å². The molecule has 1 heterocycles. The molecule has 0 radical (unpaired) electrons. The lowest BCUT2D eigenvalue weighted by molar-refractivity contribution is 0.948. The van der Waals surface area contributed by atoms with E-state index in [1.807, 2.05) is 42.6 Å². The summed E-state index contributed by atoms with van der Waals surface area (Å²) in [5, 5.41) is 12.0. The van der Waals surface area contributed by atoms with Gasteiger partial charge in [-0.25, -0.2) is 0 Å². The molecule has 1 N–H and O–H groups in total. The number of benzene rings is 1. The molecule has 1 aromatic carbocycles. The molecule has 2 nitrogen and oxygen atoms in total. The van der Waals surface area contributed by atoms with Gasteiger partial charge in [0, 0.05) is 0 Å².